The van der Waals surface area contributed by atoms with E-state index in [1.807, 2.05) is 19.9 Å². The highest BCUT2D eigenvalue weighted by molar-refractivity contribution is 9.10. The molecule has 0 radical (unpaired) electrons. The summed E-state index contributed by atoms with van der Waals surface area (Å²) in [5.41, 5.74) is 3.16. The fraction of sp³-hybridized carbons (Fsp3) is 0.188. The second kappa shape index (κ2) is 5.98. The lowest BCUT2D eigenvalue weighted by atomic mass is 9.98. The van der Waals surface area contributed by atoms with Crippen LogP contribution in [0.1, 0.15) is 27.0 Å². The summed E-state index contributed by atoms with van der Waals surface area (Å²) in [5, 5.41) is 0.513. The summed E-state index contributed by atoms with van der Waals surface area (Å²) in [4.78, 5) is 12.6. The smallest absolute Gasteiger partial charge is 0.196 e. The summed E-state index contributed by atoms with van der Waals surface area (Å²) in [6.07, 6.45) is 0. The van der Waals surface area contributed by atoms with E-state index in [2.05, 4.69) is 15.9 Å². The van der Waals surface area contributed by atoms with Gasteiger partial charge in [0.1, 0.15) is 5.75 Å². The molecule has 2 nitrogen and oxygen atoms in total. The minimum absolute atomic E-state index is 0.0978. The van der Waals surface area contributed by atoms with E-state index in [1.54, 1.807) is 31.4 Å². The second-order valence-corrected chi connectivity index (χ2v) is 5.81. The van der Waals surface area contributed by atoms with Gasteiger partial charge >= 0.3 is 0 Å². The number of ether oxygens (including phenoxy) is 1. The fourth-order valence-corrected chi connectivity index (χ4v) is 2.45. The Labute approximate surface area is 131 Å². The van der Waals surface area contributed by atoms with Crippen LogP contribution < -0.4 is 4.74 Å². The monoisotopic (exact) mass is 352 g/mol. The van der Waals surface area contributed by atoms with Crippen molar-refractivity contribution in [2.24, 2.45) is 0 Å². The van der Waals surface area contributed by atoms with Gasteiger partial charge in [0.15, 0.2) is 5.78 Å². The lowest BCUT2D eigenvalue weighted by Gasteiger charge is -2.13. The number of carbonyl (C=O) groups is 1. The van der Waals surface area contributed by atoms with Crippen LogP contribution >= 0.6 is 27.5 Å². The molecule has 2 aromatic carbocycles. The molecule has 4 heteroatoms. The van der Waals surface area contributed by atoms with E-state index in [4.69, 9.17) is 16.3 Å². The van der Waals surface area contributed by atoms with Crippen molar-refractivity contribution in [2.75, 3.05) is 7.11 Å². The maximum Gasteiger partial charge on any atom is 0.196 e. The molecule has 0 saturated carbocycles. The van der Waals surface area contributed by atoms with Gasteiger partial charge in [0.05, 0.1) is 17.7 Å². The number of rotatable bonds is 3. The van der Waals surface area contributed by atoms with Crippen LogP contribution in [0.25, 0.3) is 0 Å². The van der Waals surface area contributed by atoms with Gasteiger partial charge in [-0.3, -0.25) is 4.79 Å². The van der Waals surface area contributed by atoms with Crippen molar-refractivity contribution in [1.82, 2.24) is 0 Å². The molecule has 0 aliphatic rings. The summed E-state index contributed by atoms with van der Waals surface area (Å²) in [6, 6.07) is 8.88. The van der Waals surface area contributed by atoms with E-state index >= 15 is 0 Å². The first kappa shape index (κ1) is 15.1. The topological polar surface area (TPSA) is 26.3 Å². The molecule has 2 aromatic rings. The SMILES string of the molecule is COc1c(C(=O)c2ccc(Br)c(Cl)c2)ccc(C)c1C. The number of ketones is 1. The van der Waals surface area contributed by atoms with Gasteiger partial charge in [-0.05, 0) is 65.2 Å². The zero-order valence-corrected chi connectivity index (χ0v) is 13.8. The molecule has 0 saturated heterocycles. The first-order valence-corrected chi connectivity index (χ1v) is 7.26. The van der Waals surface area contributed by atoms with Crippen LogP contribution in [-0.4, -0.2) is 12.9 Å². The van der Waals surface area contributed by atoms with Crippen LogP contribution in [0.5, 0.6) is 5.75 Å². The number of benzene rings is 2. The summed E-state index contributed by atoms with van der Waals surface area (Å²) in [5.74, 6) is 0.522. The Morgan fingerprint density at radius 1 is 1.20 bits per heavy atom. The Morgan fingerprint density at radius 3 is 2.50 bits per heavy atom. The van der Waals surface area contributed by atoms with Crippen LogP contribution in [0.15, 0.2) is 34.8 Å². The minimum atomic E-state index is -0.0978. The highest BCUT2D eigenvalue weighted by Gasteiger charge is 2.17. The molecule has 2 rings (SSSR count). The number of aryl methyl sites for hydroxylation is 1. The zero-order chi connectivity index (χ0) is 14.9. The van der Waals surface area contributed by atoms with E-state index in [9.17, 15) is 4.79 Å². The number of hydrogen-bond donors (Lipinski definition) is 0. The molecule has 0 bridgehead atoms. The van der Waals surface area contributed by atoms with E-state index in [0.717, 1.165) is 15.6 Å². The van der Waals surface area contributed by atoms with Crippen molar-refractivity contribution in [1.29, 1.82) is 0 Å². The molecule has 0 aliphatic carbocycles. The molecule has 0 aliphatic heterocycles. The Morgan fingerprint density at radius 2 is 1.90 bits per heavy atom. The first-order chi connectivity index (χ1) is 9.45. The molecule has 0 unspecified atom stereocenters. The molecule has 0 aromatic heterocycles. The van der Waals surface area contributed by atoms with Crippen LogP contribution in [0.4, 0.5) is 0 Å². The minimum Gasteiger partial charge on any atom is -0.496 e. The van der Waals surface area contributed by atoms with Crippen molar-refractivity contribution < 1.29 is 9.53 Å². The highest BCUT2D eigenvalue weighted by Crippen LogP contribution is 2.30. The van der Waals surface area contributed by atoms with Crippen molar-refractivity contribution in [2.45, 2.75) is 13.8 Å². The van der Waals surface area contributed by atoms with E-state index < -0.39 is 0 Å². The predicted octanol–water partition coefficient (Wildman–Crippen LogP) is 4.96. The molecule has 104 valence electrons. The molecular formula is C16H14BrClO2. The summed E-state index contributed by atoms with van der Waals surface area (Å²) in [6.45, 7) is 3.93. The van der Waals surface area contributed by atoms with Crippen molar-refractivity contribution in [3.05, 3.63) is 62.1 Å². The van der Waals surface area contributed by atoms with Crippen molar-refractivity contribution in [3.8, 4) is 5.75 Å². The van der Waals surface area contributed by atoms with Crippen LogP contribution in [-0.2, 0) is 0 Å². The predicted molar refractivity (Wildman–Crippen MR) is 85.1 cm³/mol. The summed E-state index contributed by atoms with van der Waals surface area (Å²) in [7, 11) is 1.58. The van der Waals surface area contributed by atoms with Crippen LogP contribution in [0.3, 0.4) is 0 Å². The van der Waals surface area contributed by atoms with Gasteiger partial charge in [-0.1, -0.05) is 17.7 Å². The average Bonchev–Trinajstić information content (AvgIpc) is 2.44. The lowest BCUT2D eigenvalue weighted by molar-refractivity contribution is 0.103. The van der Waals surface area contributed by atoms with Gasteiger partial charge in [0.2, 0.25) is 0 Å². The highest BCUT2D eigenvalue weighted by atomic mass is 79.9. The molecular weight excluding hydrogens is 340 g/mol. The fourth-order valence-electron chi connectivity index (χ4n) is 2.02. The standard InChI is InChI=1S/C16H14BrClO2/c1-9-4-6-12(16(20-3)10(9)2)15(19)11-5-7-13(17)14(18)8-11/h4-8H,1-3H3. The Balaban J connectivity index is 2.53. The quantitative estimate of drug-likeness (QED) is 0.729. The molecule has 0 N–H and O–H groups in total. The molecule has 0 fully saturated rings. The maximum atomic E-state index is 12.6. The first-order valence-electron chi connectivity index (χ1n) is 6.09. The van der Waals surface area contributed by atoms with Crippen LogP contribution in [0.2, 0.25) is 5.02 Å². The zero-order valence-electron chi connectivity index (χ0n) is 11.5. The molecule has 0 amide bonds. The summed E-state index contributed by atoms with van der Waals surface area (Å²) < 4.78 is 6.16. The van der Waals surface area contributed by atoms with Crippen LogP contribution in [0, 0.1) is 13.8 Å². The third kappa shape index (κ3) is 2.74. The lowest BCUT2D eigenvalue weighted by Crippen LogP contribution is -2.06. The number of halogens is 2. The van der Waals surface area contributed by atoms with E-state index in [-0.39, 0.29) is 5.78 Å². The second-order valence-electron chi connectivity index (χ2n) is 4.55. The van der Waals surface area contributed by atoms with Gasteiger partial charge in [-0.15, -0.1) is 0 Å². The van der Waals surface area contributed by atoms with Gasteiger partial charge in [-0.2, -0.15) is 0 Å². The maximum absolute atomic E-state index is 12.6. The van der Waals surface area contributed by atoms with Crippen molar-refractivity contribution >= 4 is 33.3 Å². The largest absolute Gasteiger partial charge is 0.496 e. The number of methoxy groups -OCH3 is 1. The molecule has 0 atom stereocenters. The third-order valence-electron chi connectivity index (χ3n) is 3.31. The Kier molecular flexibility index (Phi) is 4.51. The molecule has 0 spiro atoms. The summed E-state index contributed by atoms with van der Waals surface area (Å²) >= 11 is 9.36. The average molecular weight is 354 g/mol. The van der Waals surface area contributed by atoms with Gasteiger partial charge in [0, 0.05) is 10.0 Å². The Hall–Kier alpha value is -1.32. The molecule has 20 heavy (non-hydrogen) atoms. The van der Waals surface area contributed by atoms with E-state index in [0.29, 0.717) is 21.9 Å². The third-order valence-corrected chi connectivity index (χ3v) is 4.54. The van der Waals surface area contributed by atoms with Gasteiger partial charge in [0.25, 0.3) is 0 Å². The Bertz CT molecular complexity index is 680. The molecule has 0 heterocycles. The number of hydrogen-bond acceptors (Lipinski definition) is 2. The normalized spacial score (nSPS) is 10.4. The van der Waals surface area contributed by atoms with Gasteiger partial charge < -0.3 is 4.74 Å². The van der Waals surface area contributed by atoms with Crippen molar-refractivity contribution in [3.63, 3.8) is 0 Å². The van der Waals surface area contributed by atoms with E-state index in [1.165, 1.54) is 0 Å². The number of carbonyl (C=O) groups excluding carboxylic acids is 1. The van der Waals surface area contributed by atoms with Gasteiger partial charge in [-0.25, -0.2) is 0 Å².